The van der Waals surface area contributed by atoms with E-state index in [4.69, 9.17) is 11.6 Å². The maximum Gasteiger partial charge on any atom is 0.282 e. The average molecular weight is 307 g/mol. The van der Waals surface area contributed by atoms with Crippen LogP contribution in [0.5, 0.6) is 5.75 Å². The number of hydrogen-bond donors (Lipinski definition) is 2. The largest absolute Gasteiger partial charge is 0.508 e. The van der Waals surface area contributed by atoms with Crippen LogP contribution in [0.3, 0.4) is 0 Å². The molecule has 0 aliphatic heterocycles. The number of carbonyl (C=O) groups is 1. The molecule has 0 spiro atoms. The van der Waals surface area contributed by atoms with E-state index in [2.05, 4.69) is 5.32 Å². The minimum Gasteiger partial charge on any atom is -0.508 e. The third-order valence-electron chi connectivity index (χ3n) is 2.76. The van der Waals surface area contributed by atoms with E-state index in [9.17, 15) is 20.0 Å². The lowest BCUT2D eigenvalue weighted by Gasteiger charge is -2.07. The highest BCUT2D eigenvalue weighted by atomic mass is 35.5. The Hall–Kier alpha value is -2.60. The van der Waals surface area contributed by atoms with Gasteiger partial charge in [-0.3, -0.25) is 14.9 Å². The second-order valence-electron chi connectivity index (χ2n) is 4.27. The minimum absolute atomic E-state index is 0.173. The lowest BCUT2D eigenvalue weighted by atomic mass is 10.1. The first-order chi connectivity index (χ1) is 9.97. The Balaban J connectivity index is 2.17. The predicted molar refractivity (Wildman–Crippen MR) is 77.4 cm³/mol. The molecule has 2 N–H and O–H groups in total. The molecule has 0 aliphatic rings. The Labute approximate surface area is 125 Å². The van der Waals surface area contributed by atoms with Crippen LogP contribution in [0.1, 0.15) is 15.9 Å². The van der Waals surface area contributed by atoms with Crippen molar-refractivity contribution in [3.8, 4) is 5.75 Å². The van der Waals surface area contributed by atoms with E-state index in [1.54, 1.807) is 24.3 Å². The normalized spacial score (nSPS) is 10.1. The number of halogens is 1. The van der Waals surface area contributed by atoms with Crippen molar-refractivity contribution in [3.05, 3.63) is 68.7 Å². The lowest BCUT2D eigenvalue weighted by molar-refractivity contribution is -0.385. The number of phenolic OH excluding ortho intramolecular Hbond substituents is 1. The van der Waals surface area contributed by atoms with E-state index in [1.807, 2.05) is 0 Å². The van der Waals surface area contributed by atoms with E-state index in [1.165, 1.54) is 0 Å². The van der Waals surface area contributed by atoms with Gasteiger partial charge in [0.2, 0.25) is 0 Å². The van der Waals surface area contributed by atoms with Gasteiger partial charge in [0.15, 0.2) is 0 Å². The van der Waals surface area contributed by atoms with Gasteiger partial charge in [-0.25, -0.2) is 0 Å². The Morgan fingerprint density at radius 2 is 2.05 bits per heavy atom. The molecule has 0 aromatic heterocycles. The summed E-state index contributed by atoms with van der Waals surface area (Å²) in [6.45, 7) is 0.173. The van der Waals surface area contributed by atoms with Crippen molar-refractivity contribution in [2.45, 2.75) is 6.54 Å². The van der Waals surface area contributed by atoms with Gasteiger partial charge in [0.05, 0.1) is 4.92 Å². The Kier molecular flexibility index (Phi) is 4.39. The number of rotatable bonds is 4. The number of amides is 1. The molecule has 0 fully saturated rings. The fourth-order valence-electron chi connectivity index (χ4n) is 1.79. The zero-order valence-electron chi connectivity index (χ0n) is 10.7. The first-order valence-electron chi connectivity index (χ1n) is 5.97. The number of benzene rings is 2. The summed E-state index contributed by atoms with van der Waals surface area (Å²) in [6, 6.07) is 10.2. The van der Waals surface area contributed by atoms with Crippen LogP contribution in [0.15, 0.2) is 42.5 Å². The molecule has 1 amide bonds. The maximum atomic E-state index is 12.0. The van der Waals surface area contributed by atoms with Gasteiger partial charge in [0, 0.05) is 17.6 Å². The van der Waals surface area contributed by atoms with E-state index in [0.717, 1.165) is 23.8 Å². The monoisotopic (exact) mass is 306 g/mol. The summed E-state index contributed by atoms with van der Waals surface area (Å²) in [4.78, 5) is 22.2. The van der Waals surface area contributed by atoms with Crippen LogP contribution in [-0.2, 0) is 6.54 Å². The van der Waals surface area contributed by atoms with E-state index in [-0.39, 0.29) is 23.5 Å². The highest BCUT2D eigenvalue weighted by Crippen LogP contribution is 2.23. The molecular formula is C14H11ClN2O4. The number of nitrogens with zero attached hydrogens (tertiary/aromatic N) is 1. The van der Waals surface area contributed by atoms with Crippen LogP contribution < -0.4 is 5.32 Å². The number of hydrogen-bond acceptors (Lipinski definition) is 4. The van der Waals surface area contributed by atoms with Gasteiger partial charge >= 0.3 is 0 Å². The lowest BCUT2D eigenvalue weighted by Crippen LogP contribution is -2.23. The molecule has 108 valence electrons. The van der Waals surface area contributed by atoms with Crippen LogP contribution in [-0.4, -0.2) is 15.9 Å². The molecule has 2 aromatic rings. The molecular weight excluding hydrogens is 296 g/mol. The molecule has 0 atom stereocenters. The summed E-state index contributed by atoms with van der Waals surface area (Å²) < 4.78 is 0. The van der Waals surface area contributed by atoms with Gasteiger partial charge in [0.1, 0.15) is 11.3 Å². The van der Waals surface area contributed by atoms with Crippen LogP contribution >= 0.6 is 11.6 Å². The Morgan fingerprint density at radius 3 is 2.71 bits per heavy atom. The summed E-state index contributed by atoms with van der Waals surface area (Å²) in [5.74, 6) is -0.855. The molecule has 0 saturated carbocycles. The summed E-state index contributed by atoms with van der Waals surface area (Å²) in [5.41, 5.74) is 0.206. The van der Waals surface area contributed by atoms with Gasteiger partial charge in [-0.15, -0.1) is 0 Å². The van der Waals surface area contributed by atoms with Gasteiger partial charge < -0.3 is 10.4 Å². The second-order valence-corrected chi connectivity index (χ2v) is 4.71. The third-order valence-corrected chi connectivity index (χ3v) is 3.00. The molecule has 0 heterocycles. The molecule has 0 unspecified atom stereocenters. The molecule has 2 aromatic carbocycles. The predicted octanol–water partition coefficient (Wildman–Crippen LogP) is 2.88. The van der Waals surface area contributed by atoms with Gasteiger partial charge in [-0.05, 0) is 29.8 Å². The molecule has 0 aliphatic carbocycles. The second kappa shape index (κ2) is 6.23. The summed E-state index contributed by atoms with van der Waals surface area (Å²) in [7, 11) is 0. The Morgan fingerprint density at radius 1 is 1.29 bits per heavy atom. The molecule has 0 radical (unpaired) electrons. The van der Waals surface area contributed by atoms with E-state index < -0.39 is 10.8 Å². The number of aromatic hydroxyl groups is 1. The quantitative estimate of drug-likeness (QED) is 0.671. The van der Waals surface area contributed by atoms with Crippen LogP contribution in [0, 0.1) is 10.1 Å². The Bertz CT molecular complexity index is 703. The first kappa shape index (κ1) is 14.8. The minimum atomic E-state index is -0.673. The van der Waals surface area contributed by atoms with E-state index in [0.29, 0.717) is 5.02 Å². The van der Waals surface area contributed by atoms with Gasteiger partial charge in [0.25, 0.3) is 11.6 Å². The molecule has 6 nitrogen and oxygen atoms in total. The van der Waals surface area contributed by atoms with Crippen LogP contribution in [0.2, 0.25) is 5.02 Å². The SMILES string of the molecule is O=C(NCc1cccc(Cl)c1)c1cc(O)ccc1[N+](=O)[O-]. The topological polar surface area (TPSA) is 92.5 Å². The highest BCUT2D eigenvalue weighted by molar-refractivity contribution is 6.30. The third kappa shape index (κ3) is 3.70. The highest BCUT2D eigenvalue weighted by Gasteiger charge is 2.20. The summed E-state index contributed by atoms with van der Waals surface area (Å²) in [5, 5.41) is 23.3. The zero-order valence-corrected chi connectivity index (χ0v) is 11.5. The fourth-order valence-corrected chi connectivity index (χ4v) is 2.00. The van der Waals surface area contributed by atoms with Crippen molar-refractivity contribution in [1.82, 2.24) is 5.32 Å². The summed E-state index contributed by atoms with van der Waals surface area (Å²) >= 11 is 5.83. The number of nitrogens with one attached hydrogen (secondary N) is 1. The van der Waals surface area contributed by atoms with Crippen molar-refractivity contribution >= 4 is 23.2 Å². The van der Waals surface area contributed by atoms with Crippen molar-refractivity contribution < 1.29 is 14.8 Å². The maximum absolute atomic E-state index is 12.0. The van der Waals surface area contributed by atoms with Gasteiger partial charge in [-0.2, -0.15) is 0 Å². The van der Waals surface area contributed by atoms with Crippen LogP contribution in [0.4, 0.5) is 5.69 Å². The molecule has 0 bridgehead atoms. The standard InChI is InChI=1S/C14H11ClN2O4/c15-10-3-1-2-9(6-10)8-16-14(19)12-7-11(18)4-5-13(12)17(20)21/h1-7,18H,8H2,(H,16,19). The van der Waals surface area contributed by atoms with Crippen molar-refractivity contribution in [2.75, 3.05) is 0 Å². The number of nitro groups is 1. The molecule has 0 saturated heterocycles. The van der Waals surface area contributed by atoms with Crippen molar-refractivity contribution in [3.63, 3.8) is 0 Å². The fraction of sp³-hybridized carbons (Fsp3) is 0.0714. The van der Waals surface area contributed by atoms with Crippen LogP contribution in [0.25, 0.3) is 0 Å². The summed E-state index contributed by atoms with van der Waals surface area (Å²) in [6.07, 6.45) is 0. The number of nitro benzene ring substituents is 1. The smallest absolute Gasteiger partial charge is 0.282 e. The molecule has 7 heteroatoms. The number of carbonyl (C=O) groups excluding carboxylic acids is 1. The van der Waals surface area contributed by atoms with Gasteiger partial charge in [-0.1, -0.05) is 23.7 Å². The first-order valence-corrected chi connectivity index (χ1v) is 6.35. The molecule has 2 rings (SSSR count). The number of phenols is 1. The average Bonchev–Trinajstić information content (AvgIpc) is 2.44. The van der Waals surface area contributed by atoms with Crippen molar-refractivity contribution in [1.29, 1.82) is 0 Å². The van der Waals surface area contributed by atoms with E-state index >= 15 is 0 Å². The zero-order chi connectivity index (χ0) is 15.4. The molecule has 21 heavy (non-hydrogen) atoms. The van der Waals surface area contributed by atoms with Crippen molar-refractivity contribution in [2.24, 2.45) is 0 Å².